The summed E-state index contributed by atoms with van der Waals surface area (Å²) >= 11 is 0. The Hall–Kier alpha value is -0.610. The number of hydrogen-bond donors (Lipinski definition) is 2. The molecule has 4 heteroatoms. The van der Waals surface area contributed by atoms with E-state index in [-0.39, 0.29) is 11.9 Å². The Morgan fingerprint density at radius 1 is 1.30 bits per heavy atom. The molecule has 20 heavy (non-hydrogen) atoms. The van der Waals surface area contributed by atoms with Gasteiger partial charge in [-0.1, -0.05) is 0 Å². The molecule has 0 aromatic heterocycles. The molecule has 1 aliphatic rings. The van der Waals surface area contributed by atoms with Gasteiger partial charge in [-0.2, -0.15) is 0 Å². The first-order valence-corrected chi connectivity index (χ1v) is 7.99. The number of carbonyl (C=O) groups excluding carboxylic acids is 1. The van der Waals surface area contributed by atoms with Crippen molar-refractivity contribution in [1.29, 1.82) is 0 Å². The van der Waals surface area contributed by atoms with E-state index in [1.54, 1.807) is 0 Å². The average Bonchev–Trinajstić information content (AvgIpc) is 3.07. The molecule has 3 N–H and O–H groups in total. The van der Waals surface area contributed by atoms with Gasteiger partial charge in [-0.15, -0.1) is 0 Å². The van der Waals surface area contributed by atoms with Crippen LogP contribution in [0.15, 0.2) is 0 Å². The summed E-state index contributed by atoms with van der Waals surface area (Å²) in [5.74, 6) is 0.603. The predicted molar refractivity (Wildman–Crippen MR) is 84.5 cm³/mol. The maximum absolute atomic E-state index is 11.9. The van der Waals surface area contributed by atoms with Crippen LogP contribution in [-0.2, 0) is 4.79 Å². The molecule has 2 unspecified atom stereocenters. The summed E-state index contributed by atoms with van der Waals surface area (Å²) in [5, 5.41) is 3.35. The zero-order valence-corrected chi connectivity index (χ0v) is 14.1. The van der Waals surface area contributed by atoms with Crippen LogP contribution in [0.2, 0.25) is 0 Å². The fourth-order valence-corrected chi connectivity index (χ4v) is 3.07. The van der Waals surface area contributed by atoms with E-state index >= 15 is 0 Å². The molecule has 1 aliphatic carbocycles. The first-order valence-electron chi connectivity index (χ1n) is 7.99. The Bertz CT molecular complexity index is 326. The molecule has 4 nitrogen and oxygen atoms in total. The number of primary amides is 1. The van der Waals surface area contributed by atoms with Crippen LogP contribution in [0.4, 0.5) is 0 Å². The number of carbonyl (C=O) groups is 1. The number of rotatable bonds is 9. The van der Waals surface area contributed by atoms with Crippen molar-refractivity contribution in [2.24, 2.45) is 11.7 Å². The second-order valence-electron chi connectivity index (χ2n) is 7.28. The SMILES string of the molecule is CC(C)NC(C)(CC(C)N(CC1CC1)C(C)C)C(N)=O. The van der Waals surface area contributed by atoms with Crippen molar-refractivity contribution >= 4 is 5.91 Å². The highest BCUT2D eigenvalue weighted by Gasteiger charge is 2.36. The highest BCUT2D eigenvalue weighted by molar-refractivity contribution is 5.84. The third-order valence-electron chi connectivity index (χ3n) is 4.25. The molecule has 0 aromatic carbocycles. The van der Waals surface area contributed by atoms with Crippen molar-refractivity contribution in [1.82, 2.24) is 10.2 Å². The molecule has 2 atom stereocenters. The zero-order chi connectivity index (χ0) is 15.5. The van der Waals surface area contributed by atoms with Crippen LogP contribution < -0.4 is 11.1 Å². The lowest BCUT2D eigenvalue weighted by molar-refractivity contribution is -0.125. The third-order valence-corrected chi connectivity index (χ3v) is 4.25. The van der Waals surface area contributed by atoms with Gasteiger partial charge in [0.2, 0.25) is 5.91 Å². The molecule has 0 heterocycles. The number of hydrogen-bond acceptors (Lipinski definition) is 3. The smallest absolute Gasteiger partial charge is 0.237 e. The average molecular weight is 283 g/mol. The Labute approximate surface area is 124 Å². The van der Waals surface area contributed by atoms with Crippen molar-refractivity contribution in [2.45, 2.75) is 84.5 Å². The van der Waals surface area contributed by atoms with Gasteiger partial charge in [0.25, 0.3) is 0 Å². The van der Waals surface area contributed by atoms with Crippen LogP contribution in [-0.4, -0.2) is 41.0 Å². The first kappa shape index (κ1) is 17.4. The van der Waals surface area contributed by atoms with E-state index in [2.05, 4.69) is 44.8 Å². The molecule has 0 spiro atoms. The molecule has 1 saturated carbocycles. The molecule has 0 aromatic rings. The van der Waals surface area contributed by atoms with Gasteiger partial charge >= 0.3 is 0 Å². The Morgan fingerprint density at radius 2 is 1.85 bits per heavy atom. The van der Waals surface area contributed by atoms with E-state index in [9.17, 15) is 4.79 Å². The van der Waals surface area contributed by atoms with Gasteiger partial charge in [-0.25, -0.2) is 0 Å². The second kappa shape index (κ2) is 6.90. The van der Waals surface area contributed by atoms with Gasteiger partial charge in [0.15, 0.2) is 0 Å². The summed E-state index contributed by atoms with van der Waals surface area (Å²) in [6.45, 7) is 13.9. The van der Waals surface area contributed by atoms with E-state index in [1.165, 1.54) is 12.8 Å². The monoisotopic (exact) mass is 283 g/mol. The van der Waals surface area contributed by atoms with E-state index in [0.717, 1.165) is 18.9 Å². The van der Waals surface area contributed by atoms with Gasteiger partial charge in [0, 0.05) is 24.7 Å². The van der Waals surface area contributed by atoms with Gasteiger partial charge in [-0.3, -0.25) is 9.69 Å². The molecule has 1 fully saturated rings. The topological polar surface area (TPSA) is 58.4 Å². The molecule has 0 saturated heterocycles. The molecule has 1 amide bonds. The van der Waals surface area contributed by atoms with Crippen LogP contribution in [0.25, 0.3) is 0 Å². The molecule has 0 aliphatic heterocycles. The predicted octanol–water partition coefficient (Wildman–Crippen LogP) is 2.13. The molecular weight excluding hydrogens is 250 g/mol. The van der Waals surface area contributed by atoms with E-state index in [4.69, 9.17) is 5.73 Å². The first-order chi connectivity index (χ1) is 9.15. The fraction of sp³-hybridized carbons (Fsp3) is 0.938. The van der Waals surface area contributed by atoms with Gasteiger partial charge in [0.1, 0.15) is 0 Å². The van der Waals surface area contributed by atoms with Crippen LogP contribution in [0, 0.1) is 5.92 Å². The normalized spacial score (nSPS) is 20.4. The quantitative estimate of drug-likeness (QED) is 0.681. The lowest BCUT2D eigenvalue weighted by atomic mass is 9.90. The van der Waals surface area contributed by atoms with Crippen molar-refractivity contribution in [3.63, 3.8) is 0 Å². The van der Waals surface area contributed by atoms with Crippen molar-refractivity contribution in [2.75, 3.05) is 6.54 Å². The van der Waals surface area contributed by atoms with Crippen LogP contribution >= 0.6 is 0 Å². The third kappa shape index (κ3) is 5.06. The zero-order valence-electron chi connectivity index (χ0n) is 14.1. The maximum Gasteiger partial charge on any atom is 0.237 e. The summed E-state index contributed by atoms with van der Waals surface area (Å²) in [6.07, 6.45) is 3.46. The Kier molecular flexibility index (Phi) is 6.02. The maximum atomic E-state index is 11.9. The molecule has 118 valence electrons. The summed E-state index contributed by atoms with van der Waals surface area (Å²) in [4.78, 5) is 14.4. The number of nitrogens with two attached hydrogens (primary N) is 1. The largest absolute Gasteiger partial charge is 0.368 e. The number of nitrogens with one attached hydrogen (secondary N) is 1. The number of nitrogens with zero attached hydrogens (tertiary/aromatic N) is 1. The van der Waals surface area contributed by atoms with E-state index in [1.807, 2.05) is 6.92 Å². The lowest BCUT2D eigenvalue weighted by Crippen LogP contribution is -2.58. The summed E-state index contributed by atoms with van der Waals surface area (Å²) in [6, 6.07) is 1.09. The molecule has 0 bridgehead atoms. The van der Waals surface area contributed by atoms with E-state index < -0.39 is 5.54 Å². The Balaban J connectivity index is 2.71. The molecular formula is C16H33N3O. The van der Waals surface area contributed by atoms with Crippen molar-refractivity contribution < 1.29 is 4.79 Å². The second-order valence-corrected chi connectivity index (χ2v) is 7.28. The van der Waals surface area contributed by atoms with Crippen molar-refractivity contribution in [3.8, 4) is 0 Å². The van der Waals surface area contributed by atoms with Crippen LogP contribution in [0.5, 0.6) is 0 Å². The van der Waals surface area contributed by atoms with Gasteiger partial charge in [-0.05, 0) is 66.7 Å². The highest BCUT2D eigenvalue weighted by Crippen LogP contribution is 2.32. The van der Waals surface area contributed by atoms with Gasteiger partial charge in [0.05, 0.1) is 5.54 Å². The summed E-state index contributed by atoms with van der Waals surface area (Å²) < 4.78 is 0. The molecule has 0 radical (unpaired) electrons. The van der Waals surface area contributed by atoms with Crippen molar-refractivity contribution in [3.05, 3.63) is 0 Å². The molecule has 1 rings (SSSR count). The van der Waals surface area contributed by atoms with E-state index in [0.29, 0.717) is 12.1 Å². The summed E-state index contributed by atoms with van der Waals surface area (Å²) in [5.41, 5.74) is 5.00. The number of amides is 1. The Morgan fingerprint density at radius 3 is 2.20 bits per heavy atom. The standard InChI is InChI=1S/C16H33N3O/c1-11(2)18-16(6,15(17)20)9-13(5)19(12(3)4)10-14-7-8-14/h11-14,18H,7-10H2,1-6H3,(H2,17,20). The lowest BCUT2D eigenvalue weighted by Gasteiger charge is -2.39. The minimum Gasteiger partial charge on any atom is -0.368 e. The fourth-order valence-electron chi connectivity index (χ4n) is 3.07. The minimum atomic E-state index is -0.635. The van der Waals surface area contributed by atoms with Gasteiger partial charge < -0.3 is 11.1 Å². The van der Waals surface area contributed by atoms with Crippen LogP contribution in [0.3, 0.4) is 0 Å². The highest BCUT2D eigenvalue weighted by atomic mass is 16.1. The minimum absolute atomic E-state index is 0.246. The summed E-state index contributed by atoms with van der Waals surface area (Å²) in [7, 11) is 0. The van der Waals surface area contributed by atoms with Crippen LogP contribution in [0.1, 0.15) is 60.8 Å².